The van der Waals surface area contributed by atoms with Gasteiger partial charge in [0.25, 0.3) is 0 Å². The first-order chi connectivity index (χ1) is 10.1. The first-order valence-corrected chi connectivity index (χ1v) is 7.64. The lowest BCUT2D eigenvalue weighted by atomic mass is 9.96. The third kappa shape index (κ3) is 3.78. The molecule has 0 aliphatic rings. The number of hydrogen-bond acceptors (Lipinski definition) is 4. The number of furan rings is 1. The van der Waals surface area contributed by atoms with E-state index >= 15 is 0 Å². The molecular formula is C17H27N3O2. The summed E-state index contributed by atoms with van der Waals surface area (Å²) >= 11 is 0. The molecule has 0 fully saturated rings. The van der Waals surface area contributed by atoms with Crippen LogP contribution in [0.4, 0.5) is 0 Å². The van der Waals surface area contributed by atoms with E-state index in [1.165, 1.54) is 0 Å². The minimum Gasteiger partial charge on any atom is -0.466 e. The van der Waals surface area contributed by atoms with Gasteiger partial charge in [0.15, 0.2) is 0 Å². The molecule has 0 amide bonds. The molecule has 0 radical (unpaired) electrons. The van der Waals surface area contributed by atoms with E-state index in [1.54, 1.807) is 6.92 Å². The van der Waals surface area contributed by atoms with Gasteiger partial charge in [-0.3, -0.25) is 4.68 Å². The van der Waals surface area contributed by atoms with E-state index in [-0.39, 0.29) is 5.54 Å². The molecule has 2 N–H and O–H groups in total. The minimum absolute atomic E-state index is 0.0187. The van der Waals surface area contributed by atoms with Crippen LogP contribution >= 0.6 is 0 Å². The molecule has 2 heterocycles. The van der Waals surface area contributed by atoms with Crippen LogP contribution in [0.15, 0.2) is 22.9 Å². The molecule has 0 saturated heterocycles. The Kier molecular flexibility index (Phi) is 4.49. The van der Waals surface area contributed by atoms with Crippen LogP contribution in [0.5, 0.6) is 0 Å². The molecule has 0 aliphatic carbocycles. The van der Waals surface area contributed by atoms with Crippen molar-refractivity contribution in [3.05, 3.63) is 41.1 Å². The molecule has 2 rings (SSSR count). The second-order valence-electron chi connectivity index (χ2n) is 7.17. The van der Waals surface area contributed by atoms with Crippen molar-refractivity contribution in [1.82, 2.24) is 15.1 Å². The summed E-state index contributed by atoms with van der Waals surface area (Å²) in [6.45, 7) is 13.0. The zero-order valence-electron chi connectivity index (χ0n) is 14.4. The summed E-state index contributed by atoms with van der Waals surface area (Å²) in [4.78, 5) is 0. The van der Waals surface area contributed by atoms with E-state index in [2.05, 4.69) is 31.2 Å². The normalized spacial score (nSPS) is 15.0. The van der Waals surface area contributed by atoms with Gasteiger partial charge in [-0.05, 0) is 47.6 Å². The predicted octanol–water partition coefficient (Wildman–Crippen LogP) is 2.85. The number of aliphatic hydroxyl groups is 1. The molecule has 22 heavy (non-hydrogen) atoms. The molecule has 1 unspecified atom stereocenters. The highest BCUT2D eigenvalue weighted by molar-refractivity contribution is 5.26. The van der Waals surface area contributed by atoms with Gasteiger partial charge in [0.1, 0.15) is 17.1 Å². The number of aromatic nitrogens is 2. The van der Waals surface area contributed by atoms with Crippen molar-refractivity contribution in [3.8, 4) is 0 Å². The second kappa shape index (κ2) is 5.89. The van der Waals surface area contributed by atoms with E-state index in [0.717, 1.165) is 22.6 Å². The standard InChI is InChI=1S/C17H27N3O2/c1-12-7-15(13(2)22-12)17(6,21)11-18-8-14-9-19-20(10-14)16(3,4)5/h7,9-10,18,21H,8,11H2,1-6H3. The fraction of sp³-hybridized carbons (Fsp3) is 0.588. The number of nitrogens with zero attached hydrogens (tertiary/aromatic N) is 2. The molecule has 0 bridgehead atoms. The highest BCUT2D eigenvalue weighted by atomic mass is 16.3. The van der Waals surface area contributed by atoms with E-state index in [0.29, 0.717) is 13.1 Å². The van der Waals surface area contributed by atoms with Crippen LogP contribution in [0.2, 0.25) is 0 Å². The SMILES string of the molecule is Cc1cc(C(C)(O)CNCc2cnn(C(C)(C)C)c2)c(C)o1. The van der Waals surface area contributed by atoms with Crippen LogP contribution in [-0.2, 0) is 17.7 Å². The Bertz CT molecular complexity index is 633. The molecule has 5 nitrogen and oxygen atoms in total. The van der Waals surface area contributed by atoms with Crippen LogP contribution in [0.3, 0.4) is 0 Å². The molecule has 5 heteroatoms. The first-order valence-electron chi connectivity index (χ1n) is 7.64. The summed E-state index contributed by atoms with van der Waals surface area (Å²) in [5.41, 5.74) is 0.963. The van der Waals surface area contributed by atoms with Crippen molar-refractivity contribution in [2.75, 3.05) is 6.54 Å². The Labute approximate surface area is 132 Å². The van der Waals surface area contributed by atoms with Crippen molar-refractivity contribution in [1.29, 1.82) is 0 Å². The number of aryl methyl sites for hydroxylation is 2. The summed E-state index contributed by atoms with van der Waals surface area (Å²) < 4.78 is 7.46. The molecule has 2 aromatic heterocycles. The summed E-state index contributed by atoms with van der Waals surface area (Å²) in [6, 6.07) is 1.90. The van der Waals surface area contributed by atoms with Gasteiger partial charge in [-0.25, -0.2) is 0 Å². The summed E-state index contributed by atoms with van der Waals surface area (Å²) in [7, 11) is 0. The largest absolute Gasteiger partial charge is 0.466 e. The Hall–Kier alpha value is -1.59. The van der Waals surface area contributed by atoms with Gasteiger partial charge in [-0.15, -0.1) is 0 Å². The monoisotopic (exact) mass is 305 g/mol. The first kappa shape index (κ1) is 16.8. The van der Waals surface area contributed by atoms with Crippen molar-refractivity contribution in [3.63, 3.8) is 0 Å². The van der Waals surface area contributed by atoms with Gasteiger partial charge >= 0.3 is 0 Å². The maximum Gasteiger partial charge on any atom is 0.107 e. The van der Waals surface area contributed by atoms with Gasteiger partial charge in [-0.2, -0.15) is 5.10 Å². The van der Waals surface area contributed by atoms with Gasteiger partial charge in [0.05, 0.1) is 11.7 Å². The number of nitrogens with one attached hydrogen (secondary N) is 1. The highest BCUT2D eigenvalue weighted by Gasteiger charge is 2.27. The molecule has 0 spiro atoms. The molecule has 0 aliphatic heterocycles. The lowest BCUT2D eigenvalue weighted by Crippen LogP contribution is -2.35. The topological polar surface area (TPSA) is 63.2 Å². The second-order valence-corrected chi connectivity index (χ2v) is 7.17. The Morgan fingerprint density at radius 1 is 1.27 bits per heavy atom. The minimum atomic E-state index is -0.956. The predicted molar refractivity (Wildman–Crippen MR) is 86.7 cm³/mol. The zero-order valence-corrected chi connectivity index (χ0v) is 14.4. The zero-order chi connectivity index (χ0) is 16.5. The average molecular weight is 305 g/mol. The maximum absolute atomic E-state index is 10.6. The van der Waals surface area contributed by atoms with Crippen LogP contribution in [0.1, 0.15) is 50.3 Å². The van der Waals surface area contributed by atoms with Crippen LogP contribution in [0, 0.1) is 13.8 Å². The summed E-state index contributed by atoms with van der Waals surface area (Å²) in [5.74, 6) is 1.59. The summed E-state index contributed by atoms with van der Waals surface area (Å²) in [6.07, 6.45) is 3.90. The smallest absolute Gasteiger partial charge is 0.107 e. The van der Waals surface area contributed by atoms with Gasteiger partial charge in [0.2, 0.25) is 0 Å². The van der Waals surface area contributed by atoms with E-state index in [4.69, 9.17) is 4.42 Å². The molecule has 2 aromatic rings. The van der Waals surface area contributed by atoms with Crippen LogP contribution < -0.4 is 5.32 Å². The molecule has 0 aromatic carbocycles. The van der Waals surface area contributed by atoms with Gasteiger partial charge < -0.3 is 14.8 Å². The highest BCUT2D eigenvalue weighted by Crippen LogP contribution is 2.26. The van der Waals surface area contributed by atoms with Crippen LogP contribution in [-0.4, -0.2) is 21.4 Å². The third-order valence-corrected chi connectivity index (χ3v) is 3.74. The average Bonchev–Trinajstić information content (AvgIpc) is 2.95. The molecule has 1 atom stereocenters. The van der Waals surface area contributed by atoms with Gasteiger partial charge in [0, 0.05) is 30.4 Å². The Morgan fingerprint density at radius 2 is 1.95 bits per heavy atom. The molecule has 0 saturated carbocycles. The van der Waals surface area contributed by atoms with Crippen molar-refractivity contribution < 1.29 is 9.52 Å². The third-order valence-electron chi connectivity index (χ3n) is 3.74. The quantitative estimate of drug-likeness (QED) is 0.891. The Morgan fingerprint density at radius 3 is 2.45 bits per heavy atom. The fourth-order valence-corrected chi connectivity index (χ4v) is 2.53. The molecule has 122 valence electrons. The van der Waals surface area contributed by atoms with E-state index < -0.39 is 5.60 Å². The lowest BCUT2D eigenvalue weighted by Gasteiger charge is -2.23. The van der Waals surface area contributed by atoms with Crippen molar-refractivity contribution in [2.24, 2.45) is 0 Å². The van der Waals surface area contributed by atoms with Crippen molar-refractivity contribution >= 4 is 0 Å². The fourth-order valence-electron chi connectivity index (χ4n) is 2.53. The van der Waals surface area contributed by atoms with E-state index in [9.17, 15) is 5.11 Å². The maximum atomic E-state index is 10.6. The number of hydrogen-bond donors (Lipinski definition) is 2. The van der Waals surface area contributed by atoms with Crippen LogP contribution in [0.25, 0.3) is 0 Å². The summed E-state index contributed by atoms with van der Waals surface area (Å²) in [5, 5.41) is 18.3. The number of rotatable bonds is 5. The van der Waals surface area contributed by atoms with Gasteiger partial charge in [-0.1, -0.05) is 0 Å². The van der Waals surface area contributed by atoms with E-state index in [1.807, 2.05) is 37.0 Å². The molecular weight excluding hydrogens is 278 g/mol. The Balaban J connectivity index is 1.95. The van der Waals surface area contributed by atoms with Crippen molar-refractivity contribution in [2.45, 2.75) is 59.2 Å². The lowest BCUT2D eigenvalue weighted by molar-refractivity contribution is 0.0552.